The summed E-state index contributed by atoms with van der Waals surface area (Å²) in [4.78, 5) is 18.2. The van der Waals surface area contributed by atoms with Gasteiger partial charge >= 0.3 is 6.01 Å². The zero-order valence-electron chi connectivity index (χ0n) is 25.1. The lowest BCUT2D eigenvalue weighted by molar-refractivity contribution is -0.147. The molecule has 2 aromatic heterocycles. The molecule has 7 unspecified atom stereocenters. The number of carbonyl (C=O) groups is 1. The first kappa shape index (κ1) is 26.4. The number of allylic oxidation sites excluding steroid dienone is 1. The van der Waals surface area contributed by atoms with Crippen molar-refractivity contribution in [3.05, 3.63) is 35.0 Å². The van der Waals surface area contributed by atoms with E-state index in [1.54, 1.807) is 0 Å². The van der Waals surface area contributed by atoms with Gasteiger partial charge in [-0.25, -0.2) is 0 Å². The van der Waals surface area contributed by atoms with Crippen molar-refractivity contribution in [2.24, 2.45) is 40.4 Å². The molecule has 214 valence electrons. The first-order valence-corrected chi connectivity index (χ1v) is 16.0. The maximum absolute atomic E-state index is 13.7. The Hall–Kier alpha value is -2.50. The summed E-state index contributed by atoms with van der Waals surface area (Å²) in [6.07, 6.45) is 15.4. The van der Waals surface area contributed by atoms with Crippen molar-refractivity contribution in [3.8, 4) is 11.6 Å². The van der Waals surface area contributed by atoms with E-state index in [4.69, 9.17) is 4.42 Å². The quantitative estimate of drug-likeness (QED) is 0.422. The highest BCUT2D eigenvalue weighted by molar-refractivity contribution is 6.02. The lowest BCUT2D eigenvalue weighted by atomic mass is 9.39. The molecule has 2 aromatic rings. The van der Waals surface area contributed by atoms with Gasteiger partial charge in [0.15, 0.2) is 5.78 Å². The minimum absolute atomic E-state index is 0.219. The van der Waals surface area contributed by atoms with Crippen LogP contribution >= 0.6 is 0 Å². The number of hydrogen-bond donors (Lipinski definition) is 1. The number of rotatable bonds is 4. The van der Waals surface area contributed by atoms with Crippen molar-refractivity contribution < 1.29 is 9.21 Å². The summed E-state index contributed by atoms with van der Waals surface area (Å²) in [6, 6.07) is 4.32. The number of aromatic nitrogens is 3. The number of aryl methyl sites for hydroxylation is 1. The van der Waals surface area contributed by atoms with E-state index in [1.807, 2.05) is 25.3 Å². The molecule has 4 saturated carbocycles. The van der Waals surface area contributed by atoms with Crippen LogP contribution < -0.4 is 5.32 Å². The SMILES string of the molecule is Cc1ccc(-c2nnc(NC34CCC5C(CCC6C7(C)CCCCC7CCC56C)C3=C(C(C)C)C(=O)C4)o2)nc1. The molecule has 4 fully saturated rings. The van der Waals surface area contributed by atoms with Crippen LogP contribution in [-0.2, 0) is 4.79 Å². The summed E-state index contributed by atoms with van der Waals surface area (Å²) in [6.45, 7) is 11.7. The number of hydrogen-bond acceptors (Lipinski definition) is 6. The van der Waals surface area contributed by atoms with Gasteiger partial charge in [0.05, 0.1) is 5.54 Å². The second-order valence-electron chi connectivity index (χ2n) is 14.8. The molecule has 6 nitrogen and oxygen atoms in total. The summed E-state index contributed by atoms with van der Waals surface area (Å²) in [5, 5.41) is 12.4. The van der Waals surface area contributed by atoms with E-state index in [9.17, 15) is 4.79 Å². The highest BCUT2D eigenvalue weighted by Crippen LogP contribution is 2.70. The summed E-state index contributed by atoms with van der Waals surface area (Å²) in [7, 11) is 0. The summed E-state index contributed by atoms with van der Waals surface area (Å²) in [5.74, 6) is 3.76. The number of Topliss-reactive ketones (excluding diaryl/α,β-unsaturated/α-hetero) is 1. The van der Waals surface area contributed by atoms with Crippen LogP contribution in [0.3, 0.4) is 0 Å². The van der Waals surface area contributed by atoms with Crippen molar-refractivity contribution in [2.75, 3.05) is 5.32 Å². The molecule has 2 heterocycles. The summed E-state index contributed by atoms with van der Waals surface area (Å²) >= 11 is 0. The Balaban J connectivity index is 1.23. The maximum Gasteiger partial charge on any atom is 0.316 e. The predicted molar refractivity (Wildman–Crippen MR) is 156 cm³/mol. The third-order valence-corrected chi connectivity index (χ3v) is 12.5. The standard InChI is InChI=1S/C34H46N4O2/c1-20(2)28-26(39)18-34(36-31-38-37-30(40-31)25-11-9-21(3)19-35-25)17-14-24-23(29(28)34)10-12-27-32(4)15-7-6-8-22(32)13-16-33(24,27)5/h9,11,19-20,22-24,27H,6-8,10,12-18H2,1-5H3,(H,36,38). The summed E-state index contributed by atoms with van der Waals surface area (Å²) in [5.41, 5.74) is 4.67. The topological polar surface area (TPSA) is 80.9 Å². The minimum atomic E-state index is -0.419. The highest BCUT2D eigenvalue weighted by atomic mass is 16.4. The largest absolute Gasteiger partial charge is 0.402 e. The minimum Gasteiger partial charge on any atom is -0.402 e. The van der Waals surface area contributed by atoms with Gasteiger partial charge in [0, 0.05) is 12.6 Å². The Morgan fingerprint density at radius 1 is 0.975 bits per heavy atom. The van der Waals surface area contributed by atoms with Gasteiger partial charge in [-0.05, 0) is 121 Å². The molecule has 5 aliphatic carbocycles. The molecule has 40 heavy (non-hydrogen) atoms. The average molecular weight is 543 g/mol. The third kappa shape index (κ3) is 3.80. The fourth-order valence-electron chi connectivity index (χ4n) is 10.8. The third-order valence-electron chi connectivity index (χ3n) is 12.5. The van der Waals surface area contributed by atoms with E-state index in [0.717, 1.165) is 35.8 Å². The number of fused-ring (bicyclic) bond motifs is 7. The number of nitrogens with one attached hydrogen (secondary N) is 1. The van der Waals surface area contributed by atoms with Gasteiger partial charge in [-0.2, -0.15) is 0 Å². The Bertz CT molecular complexity index is 1340. The Morgan fingerprint density at radius 2 is 1.82 bits per heavy atom. The molecular formula is C34H46N4O2. The molecule has 0 amide bonds. The van der Waals surface area contributed by atoms with Crippen molar-refractivity contribution in [3.63, 3.8) is 0 Å². The molecule has 0 spiro atoms. The number of pyridine rings is 1. The molecular weight excluding hydrogens is 496 g/mol. The van der Waals surface area contributed by atoms with E-state index < -0.39 is 5.54 Å². The molecule has 5 aliphatic rings. The van der Waals surface area contributed by atoms with Gasteiger partial charge in [0.25, 0.3) is 5.89 Å². The zero-order chi connectivity index (χ0) is 27.9. The second-order valence-corrected chi connectivity index (χ2v) is 14.8. The average Bonchev–Trinajstić information content (AvgIpc) is 3.50. The van der Waals surface area contributed by atoms with Crippen molar-refractivity contribution >= 4 is 11.8 Å². The maximum atomic E-state index is 13.7. The van der Waals surface area contributed by atoms with E-state index >= 15 is 0 Å². The van der Waals surface area contributed by atoms with Crippen LogP contribution in [-0.4, -0.2) is 26.5 Å². The first-order chi connectivity index (χ1) is 19.1. The fourth-order valence-corrected chi connectivity index (χ4v) is 10.8. The van der Waals surface area contributed by atoms with Crippen LogP contribution in [0.5, 0.6) is 0 Å². The van der Waals surface area contributed by atoms with Crippen LogP contribution in [0.4, 0.5) is 6.01 Å². The lowest BCUT2D eigenvalue weighted by Gasteiger charge is -2.66. The summed E-state index contributed by atoms with van der Waals surface area (Å²) < 4.78 is 6.13. The molecule has 7 rings (SSSR count). The molecule has 0 aliphatic heterocycles. The molecule has 0 radical (unpaired) electrons. The molecule has 6 heteroatoms. The van der Waals surface area contributed by atoms with E-state index in [-0.39, 0.29) is 5.92 Å². The highest BCUT2D eigenvalue weighted by Gasteiger charge is 2.63. The van der Waals surface area contributed by atoms with Gasteiger partial charge < -0.3 is 9.73 Å². The van der Waals surface area contributed by atoms with E-state index in [2.05, 4.69) is 48.2 Å². The normalized spacial score (nSPS) is 39.0. The lowest BCUT2D eigenvalue weighted by Crippen LogP contribution is -2.59. The van der Waals surface area contributed by atoms with Crippen LogP contribution in [0.1, 0.15) is 104 Å². The number of anilines is 1. The fraction of sp³-hybridized carbons (Fsp3) is 0.706. The van der Waals surface area contributed by atoms with Gasteiger partial charge in [0.1, 0.15) is 5.69 Å². The smallest absolute Gasteiger partial charge is 0.316 e. The Labute approximate surface area is 239 Å². The first-order valence-electron chi connectivity index (χ1n) is 16.0. The van der Waals surface area contributed by atoms with Crippen LogP contribution in [0.2, 0.25) is 0 Å². The van der Waals surface area contributed by atoms with Crippen LogP contribution in [0.15, 0.2) is 33.9 Å². The zero-order valence-corrected chi connectivity index (χ0v) is 25.1. The number of ketones is 1. The van der Waals surface area contributed by atoms with Crippen molar-refractivity contribution in [1.82, 2.24) is 15.2 Å². The number of carbonyl (C=O) groups excluding carboxylic acids is 1. The molecule has 0 aromatic carbocycles. The van der Waals surface area contributed by atoms with Gasteiger partial charge in [0.2, 0.25) is 0 Å². The van der Waals surface area contributed by atoms with Crippen molar-refractivity contribution in [2.45, 2.75) is 111 Å². The van der Waals surface area contributed by atoms with Gasteiger partial charge in [-0.3, -0.25) is 9.78 Å². The van der Waals surface area contributed by atoms with Crippen LogP contribution in [0, 0.1) is 47.3 Å². The Kier molecular flexibility index (Phi) is 6.11. The number of nitrogens with zero attached hydrogens (tertiary/aromatic N) is 3. The van der Waals surface area contributed by atoms with E-state index in [1.165, 1.54) is 56.9 Å². The Morgan fingerprint density at radius 3 is 2.60 bits per heavy atom. The van der Waals surface area contributed by atoms with Gasteiger partial charge in [-0.15, -0.1) is 5.10 Å². The molecule has 1 N–H and O–H groups in total. The monoisotopic (exact) mass is 542 g/mol. The second kappa shape index (κ2) is 9.25. The van der Waals surface area contributed by atoms with E-state index in [0.29, 0.717) is 52.5 Å². The van der Waals surface area contributed by atoms with Crippen molar-refractivity contribution in [1.29, 1.82) is 0 Å². The molecule has 7 atom stereocenters. The van der Waals surface area contributed by atoms with Crippen LogP contribution in [0.25, 0.3) is 11.6 Å². The predicted octanol–water partition coefficient (Wildman–Crippen LogP) is 7.95. The molecule has 0 bridgehead atoms. The molecule has 0 saturated heterocycles. The van der Waals surface area contributed by atoms with Gasteiger partial charge in [-0.1, -0.05) is 51.7 Å².